The molecule has 0 unspecified atom stereocenters. The molecule has 0 fully saturated rings. The van der Waals surface area contributed by atoms with Crippen molar-refractivity contribution in [3.8, 4) is 23.7 Å². The maximum absolute atomic E-state index is 12.9. The number of hydrogen-bond acceptors (Lipinski definition) is 0. The molecule has 0 aliphatic rings. The van der Waals surface area contributed by atoms with Crippen LogP contribution in [0.2, 0.25) is 0 Å². The van der Waals surface area contributed by atoms with Gasteiger partial charge in [-0.1, -0.05) is 11.8 Å². The van der Waals surface area contributed by atoms with Crippen LogP contribution in [0.3, 0.4) is 0 Å². The van der Waals surface area contributed by atoms with Gasteiger partial charge in [0.15, 0.2) is 23.3 Å². The van der Waals surface area contributed by atoms with Crippen LogP contribution in [0, 0.1) is 47.0 Å². The highest BCUT2D eigenvalue weighted by Crippen LogP contribution is 2.08. The Balaban J connectivity index is 2.17. The van der Waals surface area contributed by atoms with Gasteiger partial charge in [0.05, 0.1) is 0 Å². The average Bonchev–Trinajstić information content (AvgIpc) is 2.42. The van der Waals surface area contributed by atoms with Crippen molar-refractivity contribution in [1.29, 1.82) is 0 Å². The summed E-state index contributed by atoms with van der Waals surface area (Å²) >= 11 is 0. The molecule has 0 saturated carbocycles. The molecule has 2 aromatic rings. The third-order valence-corrected chi connectivity index (χ3v) is 2.32. The lowest BCUT2D eigenvalue weighted by Crippen LogP contribution is -1.84. The largest absolute Gasteiger partial charge is 0.204 e. The number of halogens is 4. The summed E-state index contributed by atoms with van der Waals surface area (Å²) in [5, 5.41) is 0. The van der Waals surface area contributed by atoms with Crippen LogP contribution in [-0.4, -0.2) is 0 Å². The van der Waals surface area contributed by atoms with Crippen LogP contribution >= 0.6 is 0 Å². The van der Waals surface area contributed by atoms with E-state index in [0.29, 0.717) is 0 Å². The molecule has 98 valence electrons. The van der Waals surface area contributed by atoms with Gasteiger partial charge in [0.1, 0.15) is 0 Å². The topological polar surface area (TPSA) is 0 Å². The fourth-order valence-electron chi connectivity index (χ4n) is 1.35. The van der Waals surface area contributed by atoms with E-state index in [1.807, 2.05) is 0 Å². The van der Waals surface area contributed by atoms with Crippen molar-refractivity contribution >= 4 is 0 Å². The molecule has 0 aliphatic carbocycles. The van der Waals surface area contributed by atoms with E-state index in [2.05, 4.69) is 23.7 Å². The highest BCUT2D eigenvalue weighted by Gasteiger charge is 2.00. The van der Waals surface area contributed by atoms with Gasteiger partial charge >= 0.3 is 0 Å². The van der Waals surface area contributed by atoms with Gasteiger partial charge in [0.25, 0.3) is 0 Å². The standard InChI is InChI=1S/C16H6F4/c17-13-7-5-11(9-15(13)19)3-1-2-4-12-6-8-14(18)16(20)10-12/h5-10H. The SMILES string of the molecule is Fc1ccc(C#CC#Cc2ccc(F)c(F)c2)cc1F. The minimum absolute atomic E-state index is 0.267. The molecule has 0 atom stereocenters. The highest BCUT2D eigenvalue weighted by atomic mass is 19.2. The van der Waals surface area contributed by atoms with E-state index in [9.17, 15) is 17.6 Å². The summed E-state index contributed by atoms with van der Waals surface area (Å²) < 4.78 is 51.1. The van der Waals surface area contributed by atoms with Crippen molar-refractivity contribution in [2.75, 3.05) is 0 Å². The van der Waals surface area contributed by atoms with E-state index < -0.39 is 23.3 Å². The fraction of sp³-hybridized carbons (Fsp3) is 0. The molecule has 2 rings (SSSR count). The molecule has 0 spiro atoms. The summed E-state index contributed by atoms with van der Waals surface area (Å²) in [6, 6.07) is 6.43. The first-order chi connectivity index (χ1) is 9.56. The molecular formula is C16H6F4. The predicted octanol–water partition coefficient (Wildman–Crippen LogP) is 3.65. The van der Waals surface area contributed by atoms with Crippen LogP contribution in [0.1, 0.15) is 11.1 Å². The van der Waals surface area contributed by atoms with Gasteiger partial charge in [-0.2, -0.15) is 0 Å². The molecule has 0 heterocycles. The summed E-state index contributed by atoms with van der Waals surface area (Å²) in [5.74, 6) is 5.95. The van der Waals surface area contributed by atoms with E-state index in [-0.39, 0.29) is 11.1 Å². The van der Waals surface area contributed by atoms with Crippen LogP contribution in [-0.2, 0) is 0 Å². The Labute approximate surface area is 113 Å². The van der Waals surface area contributed by atoms with Crippen LogP contribution in [0.5, 0.6) is 0 Å². The van der Waals surface area contributed by atoms with E-state index in [0.717, 1.165) is 24.3 Å². The van der Waals surface area contributed by atoms with Gasteiger partial charge in [0, 0.05) is 11.1 Å². The Bertz CT molecular complexity index is 703. The second-order valence-corrected chi connectivity index (χ2v) is 3.76. The quantitative estimate of drug-likeness (QED) is 0.508. The van der Waals surface area contributed by atoms with Gasteiger partial charge in [-0.3, -0.25) is 0 Å². The third kappa shape index (κ3) is 3.40. The molecule has 2 aromatic carbocycles. The van der Waals surface area contributed by atoms with E-state index in [1.54, 1.807) is 0 Å². The van der Waals surface area contributed by atoms with Gasteiger partial charge in [0.2, 0.25) is 0 Å². The van der Waals surface area contributed by atoms with E-state index in [1.165, 1.54) is 12.1 Å². The Hall–Kier alpha value is -2.72. The Morgan fingerprint density at radius 3 is 1.30 bits per heavy atom. The van der Waals surface area contributed by atoms with Gasteiger partial charge < -0.3 is 0 Å². The highest BCUT2D eigenvalue weighted by molar-refractivity contribution is 5.44. The molecule has 0 bridgehead atoms. The predicted molar refractivity (Wildman–Crippen MR) is 66.5 cm³/mol. The Morgan fingerprint density at radius 2 is 0.950 bits per heavy atom. The van der Waals surface area contributed by atoms with Crippen molar-refractivity contribution < 1.29 is 17.6 Å². The molecule has 0 amide bonds. The van der Waals surface area contributed by atoms with Gasteiger partial charge in [-0.15, -0.1) is 0 Å². The van der Waals surface area contributed by atoms with Crippen LogP contribution in [0.25, 0.3) is 0 Å². The summed E-state index contributed by atoms with van der Waals surface area (Å²) in [4.78, 5) is 0. The van der Waals surface area contributed by atoms with Crippen molar-refractivity contribution in [2.24, 2.45) is 0 Å². The first-order valence-electron chi connectivity index (χ1n) is 5.48. The maximum Gasteiger partial charge on any atom is 0.160 e. The molecule has 0 aliphatic heterocycles. The van der Waals surface area contributed by atoms with Gasteiger partial charge in [-0.25, -0.2) is 17.6 Å². The van der Waals surface area contributed by atoms with E-state index in [4.69, 9.17) is 0 Å². The minimum Gasteiger partial charge on any atom is -0.204 e. The zero-order chi connectivity index (χ0) is 14.5. The van der Waals surface area contributed by atoms with Crippen molar-refractivity contribution in [3.05, 3.63) is 70.8 Å². The minimum atomic E-state index is -0.995. The van der Waals surface area contributed by atoms with Crippen LogP contribution in [0.15, 0.2) is 36.4 Å². The Morgan fingerprint density at radius 1 is 0.550 bits per heavy atom. The zero-order valence-electron chi connectivity index (χ0n) is 9.98. The smallest absolute Gasteiger partial charge is 0.160 e. The molecule has 0 radical (unpaired) electrons. The van der Waals surface area contributed by atoms with Crippen molar-refractivity contribution in [3.63, 3.8) is 0 Å². The molecule has 4 heteroatoms. The summed E-state index contributed by atoms with van der Waals surface area (Å²) in [5.41, 5.74) is 0.534. The summed E-state index contributed by atoms with van der Waals surface area (Å²) in [7, 11) is 0. The lowest BCUT2D eigenvalue weighted by molar-refractivity contribution is 0.508. The number of rotatable bonds is 0. The molecule has 0 aromatic heterocycles. The van der Waals surface area contributed by atoms with Crippen LogP contribution in [0.4, 0.5) is 17.6 Å². The average molecular weight is 274 g/mol. The summed E-state index contributed by atoms with van der Waals surface area (Å²) in [6.07, 6.45) is 0. The summed E-state index contributed by atoms with van der Waals surface area (Å²) in [6.45, 7) is 0. The maximum atomic E-state index is 12.9. The molecule has 0 nitrogen and oxygen atoms in total. The second kappa shape index (κ2) is 5.95. The molecule has 20 heavy (non-hydrogen) atoms. The number of hydrogen-bond donors (Lipinski definition) is 0. The van der Waals surface area contributed by atoms with Crippen molar-refractivity contribution in [1.82, 2.24) is 0 Å². The normalized spacial score (nSPS) is 9.20. The number of benzene rings is 2. The first-order valence-corrected chi connectivity index (χ1v) is 5.48. The van der Waals surface area contributed by atoms with E-state index >= 15 is 0 Å². The first kappa shape index (κ1) is 13.7. The monoisotopic (exact) mass is 274 g/mol. The lowest BCUT2D eigenvalue weighted by atomic mass is 10.2. The third-order valence-electron chi connectivity index (χ3n) is 2.32. The second-order valence-electron chi connectivity index (χ2n) is 3.76. The van der Waals surface area contributed by atoms with Crippen molar-refractivity contribution in [2.45, 2.75) is 0 Å². The zero-order valence-corrected chi connectivity index (χ0v) is 9.98. The Kier molecular flexibility index (Phi) is 4.08. The molecule has 0 N–H and O–H groups in total. The fourth-order valence-corrected chi connectivity index (χ4v) is 1.35. The molecular weight excluding hydrogens is 268 g/mol. The van der Waals surface area contributed by atoms with Crippen LogP contribution < -0.4 is 0 Å². The van der Waals surface area contributed by atoms with Gasteiger partial charge in [-0.05, 0) is 48.2 Å². The lowest BCUT2D eigenvalue weighted by Gasteiger charge is -1.92. The molecule has 0 saturated heterocycles.